The second kappa shape index (κ2) is 10.2. The molecule has 0 rings (SSSR count). The predicted molar refractivity (Wildman–Crippen MR) is 68.0 cm³/mol. The maximum atomic E-state index is 9.47. The third kappa shape index (κ3) is 9.90. The van der Waals surface area contributed by atoms with E-state index in [1.54, 1.807) is 0 Å². The van der Waals surface area contributed by atoms with Gasteiger partial charge in [0, 0.05) is 0 Å². The fraction of sp³-hybridized carbons (Fsp3) is 0.714. The van der Waals surface area contributed by atoms with Crippen molar-refractivity contribution in [2.45, 2.75) is 64.3 Å². The molecule has 3 N–H and O–H groups in total. The fourth-order valence-electron chi connectivity index (χ4n) is 1.19. The van der Waals surface area contributed by atoms with Gasteiger partial charge in [0.15, 0.2) is 0 Å². The van der Waals surface area contributed by atoms with E-state index in [-0.39, 0.29) is 0 Å². The molecule has 3 atom stereocenters. The van der Waals surface area contributed by atoms with Gasteiger partial charge in [-0.15, -0.1) is 0 Å². The van der Waals surface area contributed by atoms with Gasteiger partial charge in [-0.3, -0.25) is 0 Å². The third-order valence-electron chi connectivity index (χ3n) is 2.31. The van der Waals surface area contributed by atoms with E-state index in [1.807, 2.05) is 0 Å². The summed E-state index contributed by atoms with van der Waals surface area (Å²) < 4.78 is 0. The number of hydrogen-bond donors (Lipinski definition) is 3. The number of unbranched alkanes of at least 4 members (excludes halogenated alkanes) is 3. The normalized spacial score (nSPS) is 14.9. The minimum atomic E-state index is -1.08. The summed E-state index contributed by atoms with van der Waals surface area (Å²) in [6.07, 6.45) is 2.48. The van der Waals surface area contributed by atoms with Gasteiger partial charge in [0.1, 0.15) is 12.2 Å². The average molecular weight is 238 g/mol. The molecule has 0 aliphatic heterocycles. The Kier molecular flexibility index (Phi) is 9.57. The van der Waals surface area contributed by atoms with Crippen molar-refractivity contribution in [2.24, 2.45) is 0 Å². The second-order valence-corrected chi connectivity index (χ2v) is 4.09. The molecule has 17 heavy (non-hydrogen) atoms. The molecule has 1 unspecified atom stereocenters. The smallest absolute Gasteiger partial charge is 0.141 e. The molecule has 0 saturated carbocycles. The van der Waals surface area contributed by atoms with Crippen LogP contribution in [0.5, 0.6) is 0 Å². The minimum absolute atomic E-state index is 0.648. The van der Waals surface area contributed by atoms with E-state index in [0.29, 0.717) is 6.42 Å². The molecule has 0 bridgehead atoms. The van der Waals surface area contributed by atoms with Crippen LogP contribution in [-0.4, -0.2) is 33.6 Å². The minimum Gasteiger partial charge on any atom is -0.390 e. The number of hydrogen-bond acceptors (Lipinski definition) is 3. The number of rotatable bonds is 6. The van der Waals surface area contributed by atoms with E-state index in [2.05, 4.69) is 30.6 Å². The van der Waals surface area contributed by atoms with Crippen LogP contribution < -0.4 is 0 Å². The summed E-state index contributed by atoms with van der Waals surface area (Å²) in [5, 5.41) is 27.6. The Morgan fingerprint density at radius 1 is 0.941 bits per heavy atom. The number of aliphatic hydroxyl groups excluding tert-OH is 3. The molecule has 0 spiro atoms. The molecular weight excluding hydrogens is 216 g/mol. The summed E-state index contributed by atoms with van der Waals surface area (Å²) >= 11 is 0. The van der Waals surface area contributed by atoms with Crippen molar-refractivity contribution in [1.29, 1.82) is 0 Å². The molecule has 0 amide bonds. The molecule has 0 aromatic heterocycles. The van der Waals surface area contributed by atoms with Crippen LogP contribution in [0.15, 0.2) is 0 Å². The van der Waals surface area contributed by atoms with Crippen LogP contribution in [0.25, 0.3) is 0 Å². The van der Waals surface area contributed by atoms with Gasteiger partial charge in [0.25, 0.3) is 0 Å². The van der Waals surface area contributed by atoms with Crippen molar-refractivity contribution in [1.82, 2.24) is 0 Å². The summed E-state index contributed by atoms with van der Waals surface area (Å²) in [5.74, 6) is 9.88. The lowest BCUT2D eigenvalue weighted by molar-refractivity contribution is 0.0678. The van der Waals surface area contributed by atoms with Gasteiger partial charge < -0.3 is 15.3 Å². The lowest BCUT2D eigenvalue weighted by Gasteiger charge is -2.03. The van der Waals surface area contributed by atoms with Gasteiger partial charge in [-0.2, -0.15) is 0 Å². The summed E-state index contributed by atoms with van der Waals surface area (Å²) in [7, 11) is 0. The predicted octanol–water partition coefficient (Wildman–Crippen LogP) is 1.07. The maximum absolute atomic E-state index is 9.47. The summed E-state index contributed by atoms with van der Waals surface area (Å²) in [5.41, 5.74) is 0. The summed E-state index contributed by atoms with van der Waals surface area (Å²) in [6.45, 7) is 3.59. The van der Waals surface area contributed by atoms with Crippen LogP contribution in [0.2, 0.25) is 0 Å². The zero-order valence-corrected chi connectivity index (χ0v) is 10.6. The highest BCUT2D eigenvalue weighted by atomic mass is 16.3. The molecule has 96 valence electrons. The molecule has 0 aliphatic carbocycles. The van der Waals surface area contributed by atoms with Gasteiger partial charge >= 0.3 is 0 Å². The quantitative estimate of drug-likeness (QED) is 0.479. The van der Waals surface area contributed by atoms with E-state index >= 15 is 0 Å². The van der Waals surface area contributed by atoms with Crippen molar-refractivity contribution >= 4 is 0 Å². The van der Waals surface area contributed by atoms with E-state index in [4.69, 9.17) is 10.2 Å². The lowest BCUT2D eigenvalue weighted by Crippen LogP contribution is -2.19. The van der Waals surface area contributed by atoms with Crippen LogP contribution in [0.1, 0.15) is 46.0 Å². The molecule has 0 aromatic carbocycles. The van der Waals surface area contributed by atoms with Crippen molar-refractivity contribution in [3.8, 4) is 23.7 Å². The largest absolute Gasteiger partial charge is 0.390 e. The summed E-state index contributed by atoms with van der Waals surface area (Å²) in [4.78, 5) is 0. The molecule has 0 heterocycles. The first-order valence-electron chi connectivity index (χ1n) is 6.13. The van der Waals surface area contributed by atoms with E-state index < -0.39 is 18.3 Å². The first kappa shape index (κ1) is 16.0. The van der Waals surface area contributed by atoms with E-state index in [9.17, 15) is 5.11 Å². The van der Waals surface area contributed by atoms with Crippen LogP contribution in [-0.2, 0) is 0 Å². The molecule has 0 radical (unpaired) electrons. The van der Waals surface area contributed by atoms with Crippen LogP contribution in [0.4, 0.5) is 0 Å². The highest BCUT2D eigenvalue weighted by molar-refractivity contribution is 5.28. The van der Waals surface area contributed by atoms with Crippen molar-refractivity contribution in [2.75, 3.05) is 0 Å². The average Bonchev–Trinajstić information content (AvgIpc) is 2.29. The first-order valence-corrected chi connectivity index (χ1v) is 6.13. The Morgan fingerprint density at radius 3 is 2.18 bits per heavy atom. The zero-order valence-electron chi connectivity index (χ0n) is 10.6. The van der Waals surface area contributed by atoms with Crippen molar-refractivity contribution in [3.63, 3.8) is 0 Å². The molecule has 3 heteroatoms. The standard InChI is InChI=1S/C14H22O3/c1-3-4-5-6-9-13(16)10-7-8-11-14(17)12(2)15/h12-17H,3-6,9H2,1-2H3/t12-,13?,14+/m0/s1. The second-order valence-electron chi connectivity index (χ2n) is 4.09. The van der Waals surface area contributed by atoms with Gasteiger partial charge in [0.05, 0.1) is 6.10 Å². The van der Waals surface area contributed by atoms with Gasteiger partial charge in [-0.1, -0.05) is 38.0 Å². The highest BCUT2D eigenvalue weighted by Crippen LogP contribution is 2.04. The fourth-order valence-corrected chi connectivity index (χ4v) is 1.19. The van der Waals surface area contributed by atoms with Crippen LogP contribution in [0.3, 0.4) is 0 Å². The van der Waals surface area contributed by atoms with Crippen molar-refractivity contribution < 1.29 is 15.3 Å². The third-order valence-corrected chi connectivity index (χ3v) is 2.31. The molecule has 0 saturated heterocycles. The van der Waals surface area contributed by atoms with E-state index in [1.165, 1.54) is 19.8 Å². The number of aliphatic hydroxyl groups is 3. The molecule has 0 aromatic rings. The SMILES string of the molecule is CCCCCCC(O)C#CC#C[C@@H](O)[C@H](C)O. The maximum Gasteiger partial charge on any atom is 0.141 e. The topological polar surface area (TPSA) is 60.7 Å². The monoisotopic (exact) mass is 238 g/mol. The molecular formula is C14H22O3. The molecule has 0 aliphatic rings. The Bertz CT molecular complexity index is 301. The Hall–Kier alpha value is -1.00. The van der Waals surface area contributed by atoms with Gasteiger partial charge in [0.2, 0.25) is 0 Å². The summed E-state index contributed by atoms with van der Waals surface area (Å²) in [6, 6.07) is 0. The van der Waals surface area contributed by atoms with E-state index in [0.717, 1.165) is 12.8 Å². The highest BCUT2D eigenvalue weighted by Gasteiger charge is 2.04. The Labute approximate surface area is 104 Å². The Morgan fingerprint density at radius 2 is 1.59 bits per heavy atom. The van der Waals surface area contributed by atoms with Crippen LogP contribution >= 0.6 is 0 Å². The zero-order chi connectivity index (χ0) is 13.1. The van der Waals surface area contributed by atoms with Crippen molar-refractivity contribution in [3.05, 3.63) is 0 Å². The molecule has 3 nitrogen and oxygen atoms in total. The van der Waals surface area contributed by atoms with Crippen LogP contribution in [0, 0.1) is 23.7 Å². The molecule has 0 fully saturated rings. The first-order chi connectivity index (χ1) is 8.07. The van der Waals surface area contributed by atoms with Gasteiger partial charge in [-0.25, -0.2) is 0 Å². The Balaban J connectivity index is 3.84. The van der Waals surface area contributed by atoms with Gasteiger partial charge in [-0.05, 0) is 31.6 Å². The lowest BCUT2D eigenvalue weighted by atomic mass is 10.1.